The minimum Gasteiger partial charge on any atom is -0.316 e. The lowest BCUT2D eigenvalue weighted by Gasteiger charge is -2.22. The predicted molar refractivity (Wildman–Crippen MR) is 72.9 cm³/mol. The lowest BCUT2D eigenvalue weighted by Crippen LogP contribution is -2.35. The van der Waals surface area contributed by atoms with Crippen LogP contribution in [0.2, 0.25) is 0 Å². The Morgan fingerprint density at radius 2 is 2.33 bits per heavy atom. The first-order chi connectivity index (χ1) is 8.57. The van der Waals surface area contributed by atoms with Crippen molar-refractivity contribution in [3.8, 4) is 0 Å². The number of sulfone groups is 1. The molecule has 1 atom stereocenters. The summed E-state index contributed by atoms with van der Waals surface area (Å²) in [5.74, 6) is -0.366. The van der Waals surface area contributed by atoms with E-state index in [1.165, 1.54) is 11.3 Å². The van der Waals surface area contributed by atoms with Crippen molar-refractivity contribution in [1.82, 2.24) is 5.32 Å². The van der Waals surface area contributed by atoms with E-state index in [0.717, 1.165) is 25.9 Å². The molecule has 1 aliphatic heterocycles. The third-order valence-electron chi connectivity index (χ3n) is 3.04. The van der Waals surface area contributed by atoms with Crippen LogP contribution < -0.4 is 5.32 Å². The van der Waals surface area contributed by atoms with Gasteiger partial charge in [0, 0.05) is 0 Å². The van der Waals surface area contributed by atoms with E-state index >= 15 is 0 Å². The standard InChI is InChI=1S/C12H17NO3S2/c14-11(12-4-2-6-17-12)9-18(15,16)8-10-3-1-5-13-7-10/h2,4,6,10,13H,1,3,5,7-9H2. The molecule has 1 aliphatic rings. The largest absolute Gasteiger partial charge is 0.316 e. The third-order valence-corrected chi connectivity index (χ3v) is 5.63. The second-order valence-corrected chi connectivity index (χ2v) is 7.72. The highest BCUT2D eigenvalue weighted by Gasteiger charge is 2.24. The van der Waals surface area contributed by atoms with Gasteiger partial charge in [0.2, 0.25) is 0 Å². The number of rotatable bonds is 5. The highest BCUT2D eigenvalue weighted by atomic mass is 32.2. The summed E-state index contributed by atoms with van der Waals surface area (Å²) in [5.41, 5.74) is 0. The Hall–Kier alpha value is -0.720. The van der Waals surface area contributed by atoms with E-state index in [0.29, 0.717) is 4.88 Å². The van der Waals surface area contributed by atoms with Crippen LogP contribution in [0.5, 0.6) is 0 Å². The number of piperidine rings is 1. The van der Waals surface area contributed by atoms with E-state index in [1.807, 2.05) is 0 Å². The summed E-state index contributed by atoms with van der Waals surface area (Å²) in [5, 5.41) is 4.97. The highest BCUT2D eigenvalue weighted by Crippen LogP contribution is 2.15. The number of hydrogen-bond acceptors (Lipinski definition) is 5. The molecule has 1 N–H and O–H groups in total. The van der Waals surface area contributed by atoms with Crippen molar-refractivity contribution in [2.24, 2.45) is 5.92 Å². The second-order valence-electron chi connectivity index (χ2n) is 4.67. The smallest absolute Gasteiger partial charge is 0.187 e. The first-order valence-corrected chi connectivity index (χ1v) is 8.75. The van der Waals surface area contributed by atoms with Gasteiger partial charge in [0.25, 0.3) is 0 Å². The van der Waals surface area contributed by atoms with Crippen LogP contribution in [0.25, 0.3) is 0 Å². The van der Waals surface area contributed by atoms with Gasteiger partial charge in [-0.2, -0.15) is 0 Å². The highest BCUT2D eigenvalue weighted by molar-refractivity contribution is 7.92. The number of carbonyl (C=O) groups excluding carboxylic acids is 1. The van der Waals surface area contributed by atoms with Gasteiger partial charge < -0.3 is 5.32 Å². The SMILES string of the molecule is O=C(CS(=O)(=O)CC1CCCNC1)c1cccs1. The van der Waals surface area contributed by atoms with Gasteiger partial charge in [-0.3, -0.25) is 4.79 Å². The zero-order valence-corrected chi connectivity index (χ0v) is 11.7. The molecule has 1 saturated heterocycles. The molecule has 0 saturated carbocycles. The van der Waals surface area contributed by atoms with Gasteiger partial charge in [-0.1, -0.05) is 6.07 Å². The molecule has 0 amide bonds. The number of nitrogens with one attached hydrogen (secondary N) is 1. The number of Topliss-reactive ketones (excluding diaryl/α,β-unsaturated/α-hetero) is 1. The molecule has 1 fully saturated rings. The molecule has 100 valence electrons. The fourth-order valence-electron chi connectivity index (χ4n) is 2.19. The summed E-state index contributed by atoms with van der Waals surface area (Å²) in [6.07, 6.45) is 1.94. The predicted octanol–water partition coefficient (Wildman–Crippen LogP) is 1.35. The Morgan fingerprint density at radius 1 is 1.50 bits per heavy atom. The second kappa shape index (κ2) is 5.95. The zero-order chi connectivity index (χ0) is 13.0. The Morgan fingerprint density at radius 3 is 2.94 bits per heavy atom. The van der Waals surface area contributed by atoms with Gasteiger partial charge in [0.15, 0.2) is 15.6 Å². The van der Waals surface area contributed by atoms with Crippen molar-refractivity contribution in [2.75, 3.05) is 24.6 Å². The van der Waals surface area contributed by atoms with Gasteiger partial charge in [-0.15, -0.1) is 11.3 Å². The molecule has 2 heterocycles. The molecule has 0 radical (unpaired) electrons. The van der Waals surface area contributed by atoms with Crippen LogP contribution in [0.4, 0.5) is 0 Å². The van der Waals surface area contributed by atoms with E-state index in [9.17, 15) is 13.2 Å². The fourth-order valence-corrected chi connectivity index (χ4v) is 4.62. The lowest BCUT2D eigenvalue weighted by molar-refractivity contribution is 0.102. The topological polar surface area (TPSA) is 63.2 Å². The molecule has 2 rings (SSSR count). The molecule has 0 bridgehead atoms. The first kappa shape index (κ1) is 13.7. The monoisotopic (exact) mass is 287 g/mol. The molecule has 0 spiro atoms. The fraction of sp³-hybridized carbons (Fsp3) is 0.583. The summed E-state index contributed by atoms with van der Waals surface area (Å²) in [7, 11) is -3.29. The maximum absolute atomic E-state index is 12.0. The van der Waals surface area contributed by atoms with Gasteiger partial charge in [-0.25, -0.2) is 8.42 Å². The van der Waals surface area contributed by atoms with Crippen LogP contribution in [0.3, 0.4) is 0 Å². The van der Waals surface area contributed by atoms with E-state index in [-0.39, 0.29) is 23.2 Å². The molecule has 18 heavy (non-hydrogen) atoms. The van der Waals surface area contributed by atoms with E-state index in [2.05, 4.69) is 5.32 Å². The van der Waals surface area contributed by atoms with Crippen LogP contribution >= 0.6 is 11.3 Å². The summed E-state index contributed by atoms with van der Waals surface area (Å²) in [4.78, 5) is 12.3. The van der Waals surface area contributed by atoms with E-state index < -0.39 is 9.84 Å². The van der Waals surface area contributed by atoms with Crippen molar-refractivity contribution in [1.29, 1.82) is 0 Å². The molecular weight excluding hydrogens is 270 g/mol. The lowest BCUT2D eigenvalue weighted by atomic mass is 10.0. The van der Waals surface area contributed by atoms with Gasteiger partial charge >= 0.3 is 0 Å². The summed E-state index contributed by atoms with van der Waals surface area (Å²) in [6, 6.07) is 3.43. The van der Waals surface area contributed by atoms with Gasteiger partial charge in [0.1, 0.15) is 5.75 Å². The quantitative estimate of drug-likeness (QED) is 0.830. The molecule has 1 unspecified atom stereocenters. The Balaban J connectivity index is 1.92. The molecule has 1 aromatic heterocycles. The summed E-state index contributed by atoms with van der Waals surface area (Å²) in [6.45, 7) is 1.71. The van der Waals surface area contributed by atoms with E-state index in [1.54, 1.807) is 17.5 Å². The maximum Gasteiger partial charge on any atom is 0.187 e. The third kappa shape index (κ3) is 3.90. The van der Waals surface area contributed by atoms with Crippen LogP contribution in [-0.4, -0.2) is 38.8 Å². The normalized spacial score (nSPS) is 20.8. The Labute approximate surface area is 111 Å². The van der Waals surface area contributed by atoms with Crippen molar-refractivity contribution in [3.63, 3.8) is 0 Å². The number of carbonyl (C=O) groups is 1. The van der Waals surface area contributed by atoms with Crippen molar-refractivity contribution >= 4 is 27.0 Å². The summed E-state index contributed by atoms with van der Waals surface area (Å²) >= 11 is 1.29. The summed E-state index contributed by atoms with van der Waals surface area (Å²) < 4.78 is 23.9. The zero-order valence-electron chi connectivity index (χ0n) is 10.1. The number of ketones is 1. The van der Waals surface area contributed by atoms with Crippen LogP contribution in [0.15, 0.2) is 17.5 Å². The van der Waals surface area contributed by atoms with Gasteiger partial charge in [-0.05, 0) is 43.3 Å². The van der Waals surface area contributed by atoms with E-state index in [4.69, 9.17) is 0 Å². The molecule has 6 heteroatoms. The Bertz CT molecular complexity index is 487. The minimum atomic E-state index is -3.29. The number of thiophene rings is 1. The van der Waals surface area contributed by atoms with Crippen molar-refractivity contribution in [3.05, 3.63) is 22.4 Å². The van der Waals surface area contributed by atoms with Gasteiger partial charge in [0.05, 0.1) is 10.6 Å². The molecule has 0 aromatic carbocycles. The minimum absolute atomic E-state index is 0.122. The average Bonchev–Trinajstić information content (AvgIpc) is 2.82. The average molecular weight is 287 g/mol. The maximum atomic E-state index is 12.0. The molecule has 0 aliphatic carbocycles. The molecular formula is C12H17NO3S2. The number of hydrogen-bond donors (Lipinski definition) is 1. The molecule has 4 nitrogen and oxygen atoms in total. The first-order valence-electron chi connectivity index (χ1n) is 6.05. The van der Waals surface area contributed by atoms with Crippen LogP contribution in [0.1, 0.15) is 22.5 Å². The van der Waals surface area contributed by atoms with Crippen molar-refractivity contribution < 1.29 is 13.2 Å². The van der Waals surface area contributed by atoms with Crippen molar-refractivity contribution in [2.45, 2.75) is 12.8 Å². The van der Waals surface area contributed by atoms with Crippen LogP contribution in [-0.2, 0) is 9.84 Å². The molecule has 1 aromatic rings. The van der Waals surface area contributed by atoms with Crippen LogP contribution in [0, 0.1) is 5.92 Å². The Kier molecular flexibility index (Phi) is 4.53.